The van der Waals surface area contributed by atoms with E-state index < -0.39 is 0 Å². The van der Waals surface area contributed by atoms with Gasteiger partial charge in [0.2, 0.25) is 0 Å². The molecule has 0 aliphatic carbocycles. The van der Waals surface area contributed by atoms with Crippen LogP contribution in [-0.2, 0) is 0 Å². The molecule has 0 radical (unpaired) electrons. The lowest BCUT2D eigenvalue weighted by atomic mass is 10.1. The van der Waals surface area contributed by atoms with Gasteiger partial charge < -0.3 is 29.4 Å². The predicted octanol–water partition coefficient (Wildman–Crippen LogP) is 21.4. The average molecular weight is 1030 g/mol. The van der Waals surface area contributed by atoms with E-state index in [1.165, 1.54) is 200 Å². The van der Waals surface area contributed by atoms with E-state index in [4.69, 9.17) is 0 Å². The zero-order valence-electron chi connectivity index (χ0n) is 49.9. The molecular weight excluding hydrogens is 925 g/mol. The van der Waals surface area contributed by atoms with Crippen molar-refractivity contribution in [2.24, 2.45) is 0 Å². The standard InChI is InChI=1S/C70H108N6/c1-9-17-25-53-71(54-26-18-10-2)61-33-41-65(42-34-61)75(66-43-35-62(36-44-66)72(55-27-19-11-3)56-28-20-12-4)69-49-51-70(52-50-69)76(67-45-37-63(38-46-67)73(57-29-21-13-5)58-30-22-14-6)68-47-39-64(40-48-68)74(59-31-23-15-7)60-32-24-16-8/h33-52H,9-32,53-60H2,1-8H3. The number of nitrogens with zero attached hydrogens (tertiary/aromatic N) is 6. The van der Waals surface area contributed by atoms with Crippen molar-refractivity contribution in [3.05, 3.63) is 121 Å². The van der Waals surface area contributed by atoms with Crippen LogP contribution in [-0.4, -0.2) is 52.4 Å². The van der Waals surface area contributed by atoms with E-state index in [1.807, 2.05) is 0 Å². The molecule has 0 aliphatic rings. The van der Waals surface area contributed by atoms with E-state index in [2.05, 4.69) is 206 Å². The number of rotatable bonds is 42. The molecule has 0 unspecified atom stereocenters. The molecular formula is C70H108N6. The van der Waals surface area contributed by atoms with Gasteiger partial charge in [0.15, 0.2) is 0 Å². The van der Waals surface area contributed by atoms with E-state index in [-0.39, 0.29) is 0 Å². The van der Waals surface area contributed by atoms with Crippen molar-refractivity contribution >= 4 is 56.9 Å². The number of unbranched alkanes of at least 4 members (excludes halogenated alkanes) is 16. The zero-order chi connectivity index (χ0) is 54.0. The molecule has 0 saturated carbocycles. The Bertz CT molecular complexity index is 1850. The minimum absolute atomic E-state index is 1.12. The molecule has 0 fully saturated rings. The van der Waals surface area contributed by atoms with Crippen LogP contribution >= 0.6 is 0 Å². The molecule has 0 heterocycles. The van der Waals surface area contributed by atoms with Gasteiger partial charge in [-0.15, -0.1) is 0 Å². The van der Waals surface area contributed by atoms with E-state index in [1.54, 1.807) is 0 Å². The van der Waals surface area contributed by atoms with Crippen molar-refractivity contribution in [3.63, 3.8) is 0 Å². The Morgan fingerprint density at radius 2 is 0.289 bits per heavy atom. The van der Waals surface area contributed by atoms with Crippen LogP contribution in [0.2, 0.25) is 0 Å². The lowest BCUT2D eigenvalue weighted by Crippen LogP contribution is -2.26. The van der Waals surface area contributed by atoms with Crippen LogP contribution in [0.3, 0.4) is 0 Å². The molecule has 5 aromatic carbocycles. The van der Waals surface area contributed by atoms with Crippen molar-refractivity contribution in [1.82, 2.24) is 0 Å². The second-order valence-electron chi connectivity index (χ2n) is 21.9. The highest BCUT2D eigenvalue weighted by atomic mass is 15.2. The topological polar surface area (TPSA) is 19.4 Å². The Kier molecular flexibility index (Phi) is 29.9. The molecule has 418 valence electrons. The summed E-state index contributed by atoms with van der Waals surface area (Å²) in [5.41, 5.74) is 12.4. The van der Waals surface area contributed by atoms with Crippen LogP contribution in [0, 0.1) is 0 Å². The Morgan fingerprint density at radius 3 is 0.408 bits per heavy atom. The monoisotopic (exact) mass is 1030 g/mol. The Morgan fingerprint density at radius 1 is 0.171 bits per heavy atom. The summed E-state index contributed by atoms with van der Waals surface area (Å²) < 4.78 is 0. The molecule has 0 aromatic heterocycles. The first-order valence-electron chi connectivity index (χ1n) is 31.5. The van der Waals surface area contributed by atoms with Gasteiger partial charge in [-0.25, -0.2) is 0 Å². The predicted molar refractivity (Wildman–Crippen MR) is 341 cm³/mol. The SMILES string of the molecule is CCCCCN(CCCCC)c1ccc(N(c2ccc(N(CCCCC)CCCCC)cc2)c2ccc(N(c3ccc(N(CCCCC)CCCCC)cc3)c3ccc(N(CCCCC)CCCCC)cc3)cc2)cc1. The minimum atomic E-state index is 1.12. The van der Waals surface area contributed by atoms with Crippen LogP contribution in [0.4, 0.5) is 56.9 Å². The highest BCUT2D eigenvalue weighted by molar-refractivity contribution is 5.82. The molecule has 0 atom stereocenters. The van der Waals surface area contributed by atoms with E-state index >= 15 is 0 Å². The molecule has 0 spiro atoms. The van der Waals surface area contributed by atoms with Crippen molar-refractivity contribution in [2.75, 3.05) is 81.8 Å². The highest BCUT2D eigenvalue weighted by Crippen LogP contribution is 2.41. The molecule has 76 heavy (non-hydrogen) atoms. The quantitative estimate of drug-likeness (QED) is 0.0360. The van der Waals surface area contributed by atoms with Gasteiger partial charge in [-0.1, -0.05) is 158 Å². The maximum Gasteiger partial charge on any atom is 0.0463 e. The van der Waals surface area contributed by atoms with Gasteiger partial charge in [-0.3, -0.25) is 0 Å². The summed E-state index contributed by atoms with van der Waals surface area (Å²) in [4.78, 5) is 15.5. The maximum absolute atomic E-state index is 2.63. The third kappa shape index (κ3) is 20.4. The summed E-state index contributed by atoms with van der Waals surface area (Å²) >= 11 is 0. The summed E-state index contributed by atoms with van der Waals surface area (Å²) in [6.07, 6.45) is 30.1. The largest absolute Gasteiger partial charge is 0.372 e. The summed E-state index contributed by atoms with van der Waals surface area (Å²) in [5.74, 6) is 0. The minimum Gasteiger partial charge on any atom is -0.372 e. The van der Waals surface area contributed by atoms with Gasteiger partial charge >= 0.3 is 0 Å². The van der Waals surface area contributed by atoms with Gasteiger partial charge in [0, 0.05) is 109 Å². The maximum atomic E-state index is 2.63. The molecule has 0 N–H and O–H groups in total. The second kappa shape index (κ2) is 36.8. The summed E-state index contributed by atoms with van der Waals surface area (Å²) in [5, 5.41) is 0. The number of hydrogen-bond donors (Lipinski definition) is 0. The summed E-state index contributed by atoms with van der Waals surface area (Å²) in [7, 11) is 0. The zero-order valence-corrected chi connectivity index (χ0v) is 49.9. The molecule has 0 amide bonds. The highest BCUT2D eigenvalue weighted by Gasteiger charge is 2.19. The normalized spacial score (nSPS) is 11.3. The first kappa shape index (κ1) is 61.7. The van der Waals surface area contributed by atoms with Crippen LogP contribution in [0.5, 0.6) is 0 Å². The Labute approximate surface area is 467 Å². The van der Waals surface area contributed by atoms with E-state index in [0.717, 1.165) is 63.7 Å². The number of hydrogen-bond acceptors (Lipinski definition) is 6. The van der Waals surface area contributed by atoms with Crippen molar-refractivity contribution < 1.29 is 0 Å². The fourth-order valence-electron chi connectivity index (χ4n) is 10.8. The Balaban J connectivity index is 1.58. The van der Waals surface area contributed by atoms with Gasteiger partial charge in [-0.2, -0.15) is 0 Å². The van der Waals surface area contributed by atoms with Gasteiger partial charge in [-0.05, 0) is 173 Å². The average Bonchev–Trinajstić information content (AvgIpc) is 3.46. The molecule has 6 heteroatoms. The van der Waals surface area contributed by atoms with E-state index in [0.29, 0.717) is 0 Å². The van der Waals surface area contributed by atoms with E-state index in [9.17, 15) is 0 Å². The second-order valence-corrected chi connectivity index (χ2v) is 21.9. The molecule has 0 bridgehead atoms. The van der Waals surface area contributed by atoms with Crippen LogP contribution < -0.4 is 29.4 Å². The lowest BCUT2D eigenvalue weighted by molar-refractivity contribution is 0.636. The lowest BCUT2D eigenvalue weighted by Gasteiger charge is -2.31. The fraction of sp³-hybridized carbons (Fsp3) is 0.571. The number of benzene rings is 5. The smallest absolute Gasteiger partial charge is 0.0463 e. The van der Waals surface area contributed by atoms with Crippen LogP contribution in [0.25, 0.3) is 0 Å². The number of anilines is 10. The molecule has 0 saturated heterocycles. The van der Waals surface area contributed by atoms with Crippen molar-refractivity contribution in [2.45, 2.75) is 209 Å². The van der Waals surface area contributed by atoms with Crippen LogP contribution in [0.1, 0.15) is 209 Å². The molecule has 6 nitrogen and oxygen atoms in total. The van der Waals surface area contributed by atoms with Crippen molar-refractivity contribution in [3.8, 4) is 0 Å². The van der Waals surface area contributed by atoms with Gasteiger partial charge in [0.05, 0.1) is 0 Å². The first-order valence-corrected chi connectivity index (χ1v) is 31.5. The third-order valence-corrected chi connectivity index (χ3v) is 15.5. The third-order valence-electron chi connectivity index (χ3n) is 15.5. The first-order chi connectivity index (χ1) is 37.4. The van der Waals surface area contributed by atoms with Crippen LogP contribution in [0.15, 0.2) is 121 Å². The summed E-state index contributed by atoms with van der Waals surface area (Å²) in [6, 6.07) is 47.3. The molecule has 5 rings (SSSR count). The molecule has 0 aliphatic heterocycles. The van der Waals surface area contributed by atoms with Gasteiger partial charge in [0.25, 0.3) is 0 Å². The molecule has 5 aromatic rings. The fourth-order valence-corrected chi connectivity index (χ4v) is 10.8. The summed E-state index contributed by atoms with van der Waals surface area (Å²) in [6.45, 7) is 27.4. The van der Waals surface area contributed by atoms with Crippen molar-refractivity contribution in [1.29, 1.82) is 0 Å². The Hall–Kier alpha value is -5.10. The van der Waals surface area contributed by atoms with Gasteiger partial charge in [0.1, 0.15) is 0 Å².